The van der Waals surface area contributed by atoms with Gasteiger partial charge in [-0.1, -0.05) is 54.6 Å². The van der Waals surface area contributed by atoms with Crippen LogP contribution in [-0.4, -0.2) is 0 Å². The molecule has 0 atom stereocenters. The first kappa shape index (κ1) is 11.3. The van der Waals surface area contributed by atoms with Crippen LogP contribution < -0.4 is 0 Å². The van der Waals surface area contributed by atoms with Crippen molar-refractivity contribution in [1.82, 2.24) is 0 Å². The summed E-state index contributed by atoms with van der Waals surface area (Å²) in [6, 6.07) is 21.0. The van der Waals surface area contributed by atoms with Crippen LogP contribution in [0.25, 0.3) is 22.8 Å². The summed E-state index contributed by atoms with van der Waals surface area (Å²) in [5.74, 6) is 0.993. The van der Waals surface area contributed by atoms with E-state index < -0.39 is 0 Å². The standard InChI is InChI=1S/C19H14O/c1-2-6-14(7-3-1)18-10-11-20-19(18)17-12-15-8-4-5-9-16(15)13-17/h1-12H,13H2. The molecule has 1 aliphatic carbocycles. The van der Waals surface area contributed by atoms with E-state index in [9.17, 15) is 0 Å². The smallest absolute Gasteiger partial charge is 0.137 e. The molecule has 0 amide bonds. The molecule has 2 aromatic carbocycles. The predicted octanol–water partition coefficient (Wildman–Crippen LogP) is 5.04. The monoisotopic (exact) mass is 258 g/mol. The van der Waals surface area contributed by atoms with Gasteiger partial charge < -0.3 is 4.42 Å². The largest absolute Gasteiger partial charge is 0.464 e. The highest BCUT2D eigenvalue weighted by atomic mass is 16.3. The Balaban J connectivity index is 1.78. The van der Waals surface area contributed by atoms with Crippen molar-refractivity contribution >= 4 is 11.6 Å². The van der Waals surface area contributed by atoms with Crippen molar-refractivity contribution in [3.63, 3.8) is 0 Å². The molecule has 0 spiro atoms. The minimum absolute atomic E-state index is 0.948. The number of hydrogen-bond donors (Lipinski definition) is 0. The maximum Gasteiger partial charge on any atom is 0.137 e. The minimum Gasteiger partial charge on any atom is -0.464 e. The summed E-state index contributed by atoms with van der Waals surface area (Å²) in [5.41, 5.74) is 6.31. The van der Waals surface area contributed by atoms with Crippen LogP contribution in [0.15, 0.2) is 71.3 Å². The SMILES string of the molecule is C1=C(c2occc2-c2ccccc2)Cc2ccccc21. The van der Waals surface area contributed by atoms with Gasteiger partial charge in [-0.25, -0.2) is 0 Å². The fraction of sp³-hybridized carbons (Fsp3) is 0.0526. The third kappa shape index (κ3) is 1.79. The Morgan fingerprint density at radius 2 is 1.60 bits per heavy atom. The van der Waals surface area contributed by atoms with Gasteiger partial charge in [0.2, 0.25) is 0 Å². The molecule has 0 saturated carbocycles. The van der Waals surface area contributed by atoms with Crippen molar-refractivity contribution in [2.45, 2.75) is 6.42 Å². The summed E-state index contributed by atoms with van der Waals surface area (Å²) in [6.07, 6.45) is 4.96. The number of benzene rings is 2. The second kappa shape index (κ2) is 4.53. The minimum atomic E-state index is 0.948. The van der Waals surface area contributed by atoms with Crippen LogP contribution in [0, 0.1) is 0 Å². The van der Waals surface area contributed by atoms with Crippen LogP contribution in [0.4, 0.5) is 0 Å². The Bertz CT molecular complexity index is 778. The molecular formula is C19H14O. The van der Waals surface area contributed by atoms with Gasteiger partial charge in [0.15, 0.2) is 0 Å². The Labute approximate surface area is 118 Å². The zero-order valence-corrected chi connectivity index (χ0v) is 11.0. The fourth-order valence-corrected chi connectivity index (χ4v) is 2.83. The average Bonchev–Trinajstić information content (AvgIpc) is 3.14. The van der Waals surface area contributed by atoms with Crippen LogP contribution in [0.2, 0.25) is 0 Å². The van der Waals surface area contributed by atoms with E-state index in [4.69, 9.17) is 4.42 Å². The number of allylic oxidation sites excluding steroid dienone is 1. The van der Waals surface area contributed by atoms with Crippen LogP contribution >= 0.6 is 0 Å². The molecule has 3 aromatic rings. The van der Waals surface area contributed by atoms with Crippen molar-refractivity contribution in [2.24, 2.45) is 0 Å². The summed E-state index contributed by atoms with van der Waals surface area (Å²) in [6.45, 7) is 0. The number of rotatable bonds is 2. The Morgan fingerprint density at radius 3 is 2.45 bits per heavy atom. The topological polar surface area (TPSA) is 13.1 Å². The molecule has 1 heteroatoms. The van der Waals surface area contributed by atoms with Crippen LogP contribution in [0.1, 0.15) is 16.9 Å². The number of fused-ring (bicyclic) bond motifs is 1. The predicted molar refractivity (Wildman–Crippen MR) is 82.2 cm³/mol. The van der Waals surface area contributed by atoms with Gasteiger partial charge >= 0.3 is 0 Å². The van der Waals surface area contributed by atoms with Gasteiger partial charge in [-0.05, 0) is 28.8 Å². The molecule has 0 N–H and O–H groups in total. The molecule has 0 aliphatic heterocycles. The first-order valence-corrected chi connectivity index (χ1v) is 6.83. The summed E-state index contributed by atoms with van der Waals surface area (Å²) >= 11 is 0. The summed E-state index contributed by atoms with van der Waals surface area (Å²) < 4.78 is 5.77. The average molecular weight is 258 g/mol. The highest BCUT2D eigenvalue weighted by Gasteiger charge is 2.19. The van der Waals surface area contributed by atoms with Gasteiger partial charge in [-0.2, -0.15) is 0 Å². The van der Waals surface area contributed by atoms with E-state index in [0.29, 0.717) is 0 Å². The Morgan fingerprint density at radius 1 is 0.800 bits per heavy atom. The molecule has 96 valence electrons. The van der Waals surface area contributed by atoms with E-state index in [2.05, 4.69) is 60.7 Å². The van der Waals surface area contributed by atoms with Crippen molar-refractivity contribution in [1.29, 1.82) is 0 Å². The number of hydrogen-bond acceptors (Lipinski definition) is 1. The molecule has 1 aromatic heterocycles. The van der Waals surface area contributed by atoms with Crippen molar-refractivity contribution in [3.05, 3.63) is 83.8 Å². The Kier molecular flexibility index (Phi) is 2.56. The zero-order chi connectivity index (χ0) is 13.4. The maximum atomic E-state index is 5.77. The molecule has 20 heavy (non-hydrogen) atoms. The van der Waals surface area contributed by atoms with E-state index in [1.54, 1.807) is 6.26 Å². The first-order valence-electron chi connectivity index (χ1n) is 6.83. The van der Waals surface area contributed by atoms with Gasteiger partial charge in [0.05, 0.1) is 6.26 Å². The van der Waals surface area contributed by atoms with E-state index in [1.807, 2.05) is 6.07 Å². The van der Waals surface area contributed by atoms with E-state index in [-0.39, 0.29) is 0 Å². The fourth-order valence-electron chi connectivity index (χ4n) is 2.83. The van der Waals surface area contributed by atoms with E-state index in [1.165, 1.54) is 27.8 Å². The lowest BCUT2D eigenvalue weighted by Crippen LogP contribution is -1.86. The van der Waals surface area contributed by atoms with Gasteiger partial charge in [-0.3, -0.25) is 0 Å². The highest BCUT2D eigenvalue weighted by Crippen LogP contribution is 2.37. The molecule has 1 nitrogen and oxygen atoms in total. The molecular weight excluding hydrogens is 244 g/mol. The molecule has 0 saturated heterocycles. The van der Waals surface area contributed by atoms with Crippen LogP contribution in [-0.2, 0) is 6.42 Å². The first-order chi connectivity index (χ1) is 9.92. The summed E-state index contributed by atoms with van der Waals surface area (Å²) in [7, 11) is 0. The van der Waals surface area contributed by atoms with Gasteiger partial charge in [0.25, 0.3) is 0 Å². The second-order valence-corrected chi connectivity index (χ2v) is 5.07. The second-order valence-electron chi connectivity index (χ2n) is 5.07. The molecule has 0 unspecified atom stereocenters. The van der Waals surface area contributed by atoms with Gasteiger partial charge in [-0.15, -0.1) is 0 Å². The lowest BCUT2D eigenvalue weighted by atomic mass is 10.0. The van der Waals surface area contributed by atoms with Crippen LogP contribution in [0.3, 0.4) is 0 Å². The third-order valence-electron chi connectivity index (χ3n) is 3.81. The van der Waals surface area contributed by atoms with Crippen molar-refractivity contribution in [3.8, 4) is 11.1 Å². The normalized spacial score (nSPS) is 13.1. The quantitative estimate of drug-likeness (QED) is 0.627. The van der Waals surface area contributed by atoms with Gasteiger partial charge in [0, 0.05) is 17.6 Å². The summed E-state index contributed by atoms with van der Waals surface area (Å²) in [4.78, 5) is 0. The van der Waals surface area contributed by atoms with Gasteiger partial charge in [0.1, 0.15) is 5.76 Å². The van der Waals surface area contributed by atoms with E-state index in [0.717, 1.165) is 12.2 Å². The van der Waals surface area contributed by atoms with Crippen molar-refractivity contribution < 1.29 is 4.42 Å². The molecule has 0 radical (unpaired) electrons. The van der Waals surface area contributed by atoms with E-state index >= 15 is 0 Å². The molecule has 1 heterocycles. The highest BCUT2D eigenvalue weighted by molar-refractivity contribution is 5.91. The molecule has 4 rings (SSSR count). The maximum absolute atomic E-state index is 5.77. The molecule has 1 aliphatic rings. The Hall–Kier alpha value is -2.54. The lowest BCUT2D eigenvalue weighted by molar-refractivity contribution is 0.553. The summed E-state index contributed by atoms with van der Waals surface area (Å²) in [5, 5.41) is 0. The van der Waals surface area contributed by atoms with Crippen LogP contribution in [0.5, 0.6) is 0 Å². The number of furan rings is 1. The third-order valence-corrected chi connectivity index (χ3v) is 3.81. The molecule has 0 bridgehead atoms. The molecule has 0 fully saturated rings. The zero-order valence-electron chi connectivity index (χ0n) is 11.0. The van der Waals surface area contributed by atoms with Crippen molar-refractivity contribution in [2.75, 3.05) is 0 Å². The lowest BCUT2D eigenvalue weighted by Gasteiger charge is -2.03.